The summed E-state index contributed by atoms with van der Waals surface area (Å²) >= 11 is 2.04. The van der Waals surface area contributed by atoms with E-state index in [9.17, 15) is 4.39 Å². The van der Waals surface area contributed by atoms with Gasteiger partial charge >= 0.3 is 0 Å². The SMILES string of the molecule is CC1SCCC1NCCc1ccc(F)cc1. The predicted octanol–water partition coefficient (Wildman–Crippen LogP) is 2.85. The van der Waals surface area contributed by atoms with Crippen LogP contribution in [0.15, 0.2) is 24.3 Å². The lowest BCUT2D eigenvalue weighted by Crippen LogP contribution is -2.34. The van der Waals surface area contributed by atoms with Crippen LogP contribution in [0.2, 0.25) is 0 Å². The van der Waals surface area contributed by atoms with Crippen LogP contribution in [0.5, 0.6) is 0 Å². The molecule has 0 saturated carbocycles. The topological polar surface area (TPSA) is 12.0 Å². The molecule has 2 rings (SSSR count). The summed E-state index contributed by atoms with van der Waals surface area (Å²) in [5, 5.41) is 4.31. The zero-order valence-electron chi connectivity index (χ0n) is 9.58. The monoisotopic (exact) mass is 239 g/mol. The molecule has 0 bridgehead atoms. The van der Waals surface area contributed by atoms with Crippen molar-refractivity contribution in [1.29, 1.82) is 0 Å². The van der Waals surface area contributed by atoms with E-state index in [1.165, 1.54) is 29.9 Å². The number of benzene rings is 1. The summed E-state index contributed by atoms with van der Waals surface area (Å²) in [4.78, 5) is 0. The first kappa shape index (κ1) is 11.9. The average molecular weight is 239 g/mol. The Morgan fingerprint density at radius 1 is 1.38 bits per heavy atom. The van der Waals surface area contributed by atoms with Gasteiger partial charge in [-0.1, -0.05) is 19.1 Å². The Morgan fingerprint density at radius 3 is 2.75 bits per heavy atom. The zero-order chi connectivity index (χ0) is 11.4. The fraction of sp³-hybridized carbons (Fsp3) is 0.538. The van der Waals surface area contributed by atoms with Gasteiger partial charge in [-0.2, -0.15) is 11.8 Å². The third-order valence-corrected chi connectivity index (χ3v) is 4.44. The van der Waals surface area contributed by atoms with Crippen molar-refractivity contribution in [1.82, 2.24) is 5.32 Å². The zero-order valence-corrected chi connectivity index (χ0v) is 10.4. The maximum atomic E-state index is 12.7. The van der Waals surface area contributed by atoms with Crippen LogP contribution in [0.4, 0.5) is 4.39 Å². The number of nitrogens with one attached hydrogen (secondary N) is 1. The Bertz CT molecular complexity index is 325. The lowest BCUT2D eigenvalue weighted by molar-refractivity contribution is 0.516. The lowest BCUT2D eigenvalue weighted by Gasteiger charge is -2.16. The molecule has 1 nitrogen and oxygen atoms in total. The molecular weight excluding hydrogens is 221 g/mol. The highest BCUT2D eigenvalue weighted by molar-refractivity contribution is 8.00. The summed E-state index contributed by atoms with van der Waals surface area (Å²) in [5.74, 6) is 1.12. The first-order chi connectivity index (χ1) is 7.75. The number of halogens is 1. The Kier molecular flexibility index (Phi) is 4.24. The van der Waals surface area contributed by atoms with Crippen molar-refractivity contribution in [2.24, 2.45) is 0 Å². The summed E-state index contributed by atoms with van der Waals surface area (Å²) in [7, 11) is 0. The molecule has 1 N–H and O–H groups in total. The van der Waals surface area contributed by atoms with E-state index in [0.29, 0.717) is 6.04 Å². The van der Waals surface area contributed by atoms with Gasteiger partial charge in [0.1, 0.15) is 5.82 Å². The van der Waals surface area contributed by atoms with E-state index >= 15 is 0 Å². The van der Waals surface area contributed by atoms with E-state index in [4.69, 9.17) is 0 Å². The fourth-order valence-electron chi connectivity index (χ4n) is 2.05. The molecule has 88 valence electrons. The van der Waals surface area contributed by atoms with Gasteiger partial charge in [0.05, 0.1) is 0 Å². The van der Waals surface area contributed by atoms with Crippen LogP contribution < -0.4 is 5.32 Å². The fourth-order valence-corrected chi connectivity index (χ4v) is 3.28. The van der Waals surface area contributed by atoms with Crippen LogP contribution in [-0.4, -0.2) is 23.6 Å². The van der Waals surface area contributed by atoms with E-state index in [1.54, 1.807) is 0 Å². The Balaban J connectivity index is 1.73. The minimum atomic E-state index is -0.155. The second kappa shape index (κ2) is 5.69. The molecule has 1 aliphatic heterocycles. The highest BCUT2D eigenvalue weighted by Gasteiger charge is 2.22. The standard InChI is InChI=1S/C13H18FNS/c1-10-13(7-9-16-10)15-8-6-11-2-4-12(14)5-3-11/h2-5,10,13,15H,6-9H2,1H3. The second-order valence-corrected chi connectivity index (χ2v) is 5.79. The first-order valence-corrected chi connectivity index (χ1v) is 6.90. The Morgan fingerprint density at radius 2 is 2.12 bits per heavy atom. The largest absolute Gasteiger partial charge is 0.313 e. The molecule has 0 spiro atoms. The summed E-state index contributed by atoms with van der Waals surface area (Å²) in [5.41, 5.74) is 1.20. The van der Waals surface area contributed by atoms with Crippen molar-refractivity contribution in [3.63, 3.8) is 0 Å². The van der Waals surface area contributed by atoms with Crippen molar-refractivity contribution >= 4 is 11.8 Å². The van der Waals surface area contributed by atoms with Crippen molar-refractivity contribution in [2.45, 2.75) is 31.1 Å². The predicted molar refractivity (Wildman–Crippen MR) is 68.4 cm³/mol. The maximum Gasteiger partial charge on any atom is 0.123 e. The molecule has 0 aromatic heterocycles. The molecule has 1 saturated heterocycles. The van der Waals surface area contributed by atoms with Crippen molar-refractivity contribution in [3.8, 4) is 0 Å². The van der Waals surface area contributed by atoms with Crippen LogP contribution in [0, 0.1) is 5.82 Å². The Hall–Kier alpha value is -0.540. The number of hydrogen-bond donors (Lipinski definition) is 1. The molecule has 0 radical (unpaired) electrons. The van der Waals surface area contributed by atoms with Gasteiger partial charge in [0.15, 0.2) is 0 Å². The van der Waals surface area contributed by atoms with Crippen molar-refractivity contribution in [2.75, 3.05) is 12.3 Å². The van der Waals surface area contributed by atoms with Gasteiger partial charge in [0.2, 0.25) is 0 Å². The van der Waals surface area contributed by atoms with Gasteiger partial charge in [0.25, 0.3) is 0 Å². The van der Waals surface area contributed by atoms with E-state index in [2.05, 4.69) is 12.2 Å². The third-order valence-electron chi connectivity index (χ3n) is 3.11. The van der Waals surface area contributed by atoms with Crippen LogP contribution in [0.25, 0.3) is 0 Å². The molecule has 0 aliphatic carbocycles. The van der Waals surface area contributed by atoms with E-state index in [0.717, 1.165) is 18.2 Å². The molecular formula is C13H18FNS. The van der Waals surface area contributed by atoms with Gasteiger partial charge in [-0.05, 0) is 42.8 Å². The van der Waals surface area contributed by atoms with E-state index < -0.39 is 0 Å². The molecule has 1 aromatic rings. The smallest absolute Gasteiger partial charge is 0.123 e. The normalized spacial score (nSPS) is 24.9. The molecule has 0 amide bonds. The molecule has 2 atom stereocenters. The molecule has 2 unspecified atom stereocenters. The van der Waals surface area contributed by atoms with Crippen LogP contribution >= 0.6 is 11.8 Å². The quantitative estimate of drug-likeness (QED) is 0.867. The highest BCUT2D eigenvalue weighted by atomic mass is 32.2. The molecule has 1 heterocycles. The van der Waals surface area contributed by atoms with Crippen LogP contribution in [-0.2, 0) is 6.42 Å². The summed E-state index contributed by atoms with van der Waals surface area (Å²) in [6.07, 6.45) is 2.25. The number of hydrogen-bond acceptors (Lipinski definition) is 2. The minimum absolute atomic E-state index is 0.155. The maximum absolute atomic E-state index is 12.7. The lowest BCUT2D eigenvalue weighted by atomic mass is 10.1. The van der Waals surface area contributed by atoms with Crippen molar-refractivity contribution in [3.05, 3.63) is 35.6 Å². The molecule has 1 fully saturated rings. The third kappa shape index (κ3) is 3.22. The summed E-state index contributed by atoms with van der Waals surface area (Å²) in [6.45, 7) is 3.27. The summed E-state index contributed by atoms with van der Waals surface area (Å²) in [6, 6.07) is 7.45. The van der Waals surface area contributed by atoms with Gasteiger partial charge < -0.3 is 5.32 Å². The molecule has 1 aliphatic rings. The average Bonchev–Trinajstić information content (AvgIpc) is 2.68. The van der Waals surface area contributed by atoms with Crippen LogP contribution in [0.1, 0.15) is 18.9 Å². The van der Waals surface area contributed by atoms with Gasteiger partial charge in [-0.15, -0.1) is 0 Å². The van der Waals surface area contributed by atoms with E-state index in [-0.39, 0.29) is 5.82 Å². The van der Waals surface area contributed by atoms with Crippen molar-refractivity contribution < 1.29 is 4.39 Å². The summed E-state index contributed by atoms with van der Waals surface area (Å²) < 4.78 is 12.7. The van der Waals surface area contributed by atoms with E-state index in [1.807, 2.05) is 23.9 Å². The number of thioether (sulfide) groups is 1. The molecule has 1 aromatic carbocycles. The number of rotatable bonds is 4. The molecule has 3 heteroatoms. The highest BCUT2D eigenvalue weighted by Crippen LogP contribution is 2.25. The second-order valence-electron chi connectivity index (χ2n) is 4.30. The van der Waals surface area contributed by atoms with Gasteiger partial charge in [0, 0.05) is 11.3 Å². The van der Waals surface area contributed by atoms with Gasteiger partial charge in [-0.3, -0.25) is 0 Å². The minimum Gasteiger partial charge on any atom is -0.313 e. The van der Waals surface area contributed by atoms with Gasteiger partial charge in [-0.25, -0.2) is 4.39 Å². The van der Waals surface area contributed by atoms with Crippen LogP contribution in [0.3, 0.4) is 0 Å². The molecule has 16 heavy (non-hydrogen) atoms. The first-order valence-electron chi connectivity index (χ1n) is 5.85. The Labute approximate surface area is 101 Å².